The molecule has 0 bridgehead atoms. The van der Waals surface area contributed by atoms with E-state index < -0.39 is 0 Å². The summed E-state index contributed by atoms with van der Waals surface area (Å²) in [6.45, 7) is 9.67. The van der Waals surface area contributed by atoms with Gasteiger partial charge in [0.2, 0.25) is 6.41 Å². The topological polar surface area (TPSA) is 65.0 Å². The Kier molecular flexibility index (Phi) is 5.93. The molecule has 3 rings (SSSR count). The first-order valence-corrected chi connectivity index (χ1v) is 9.14. The Hall–Kier alpha value is -1.63. The second-order valence-corrected chi connectivity index (χ2v) is 7.35. The van der Waals surface area contributed by atoms with Crippen LogP contribution in [0.25, 0.3) is 0 Å². The molecule has 1 saturated heterocycles. The molecule has 0 saturated carbocycles. The van der Waals surface area contributed by atoms with E-state index in [0.717, 1.165) is 57.8 Å². The number of phenols is 1. The first-order valence-electron chi connectivity index (χ1n) is 9.14. The summed E-state index contributed by atoms with van der Waals surface area (Å²) in [5.41, 5.74) is 2.35. The van der Waals surface area contributed by atoms with Gasteiger partial charge in [0.05, 0.1) is 19.4 Å². The van der Waals surface area contributed by atoms with Gasteiger partial charge in [0.25, 0.3) is 0 Å². The molecule has 2 atom stereocenters. The lowest BCUT2D eigenvalue weighted by Gasteiger charge is -2.45. The summed E-state index contributed by atoms with van der Waals surface area (Å²) in [5.74, 6) is 0.757. The third-order valence-electron chi connectivity index (χ3n) is 5.36. The number of ether oxygens (including phenoxy) is 1. The first-order chi connectivity index (χ1) is 12.1. The van der Waals surface area contributed by atoms with Gasteiger partial charge in [0, 0.05) is 38.6 Å². The smallest absolute Gasteiger partial charge is 0.208 e. The monoisotopic (exact) mass is 347 g/mol. The van der Waals surface area contributed by atoms with E-state index in [1.807, 2.05) is 12.1 Å². The van der Waals surface area contributed by atoms with E-state index in [1.54, 1.807) is 6.07 Å². The van der Waals surface area contributed by atoms with Gasteiger partial charge in [-0.2, -0.15) is 0 Å². The van der Waals surface area contributed by atoms with Gasteiger partial charge in [0.1, 0.15) is 5.75 Å². The van der Waals surface area contributed by atoms with Crippen LogP contribution in [-0.2, 0) is 22.5 Å². The number of fused-ring (bicyclic) bond motifs is 1. The van der Waals surface area contributed by atoms with Crippen molar-refractivity contribution in [1.82, 2.24) is 15.1 Å². The number of carbonyl (C=O) groups is 1. The van der Waals surface area contributed by atoms with Crippen molar-refractivity contribution < 1.29 is 14.6 Å². The lowest BCUT2D eigenvalue weighted by Crippen LogP contribution is -2.58. The second-order valence-electron chi connectivity index (χ2n) is 7.35. The Morgan fingerprint density at radius 2 is 2.08 bits per heavy atom. The maximum Gasteiger partial charge on any atom is 0.208 e. The summed E-state index contributed by atoms with van der Waals surface area (Å²) in [5, 5.41) is 12.8. The van der Waals surface area contributed by atoms with Crippen molar-refractivity contribution in [1.29, 1.82) is 0 Å². The Bertz CT molecular complexity index is 587. The fourth-order valence-corrected chi connectivity index (χ4v) is 3.92. The van der Waals surface area contributed by atoms with E-state index in [4.69, 9.17) is 4.74 Å². The van der Waals surface area contributed by atoms with Crippen molar-refractivity contribution in [2.24, 2.45) is 5.92 Å². The molecule has 6 heteroatoms. The van der Waals surface area contributed by atoms with Gasteiger partial charge in [0.15, 0.2) is 0 Å². The van der Waals surface area contributed by atoms with E-state index >= 15 is 0 Å². The van der Waals surface area contributed by atoms with Gasteiger partial charge in [-0.1, -0.05) is 19.9 Å². The molecule has 1 aromatic rings. The molecule has 0 aliphatic carbocycles. The zero-order chi connectivity index (χ0) is 17.8. The lowest BCUT2D eigenvalue weighted by atomic mass is 9.92. The molecular weight excluding hydrogens is 318 g/mol. The first kappa shape index (κ1) is 18.2. The fourth-order valence-electron chi connectivity index (χ4n) is 3.92. The normalized spacial score (nSPS) is 23.2. The minimum absolute atomic E-state index is 0.0111. The molecule has 2 heterocycles. The Morgan fingerprint density at radius 1 is 1.32 bits per heavy atom. The molecule has 138 valence electrons. The average Bonchev–Trinajstić information content (AvgIpc) is 2.60. The third-order valence-corrected chi connectivity index (χ3v) is 5.36. The standard InChI is InChI=1S/C19H29N3O3/c1-14(2)18(12-21-5-7-25-8-6-21)22-11-16-9-17(24)4-3-15(16)10-19(22)20-13-23/h3-4,9,13-14,18-19,24H,5-8,10-12H2,1-2H3,(H,20,23)/t18-,19-/m1/s1. The highest BCUT2D eigenvalue weighted by Gasteiger charge is 2.34. The van der Waals surface area contributed by atoms with E-state index in [9.17, 15) is 9.90 Å². The average molecular weight is 347 g/mol. The van der Waals surface area contributed by atoms with Gasteiger partial charge < -0.3 is 15.2 Å². The molecule has 0 spiro atoms. The second kappa shape index (κ2) is 8.17. The van der Waals surface area contributed by atoms with Gasteiger partial charge in [-0.15, -0.1) is 0 Å². The molecule has 2 N–H and O–H groups in total. The summed E-state index contributed by atoms with van der Waals surface area (Å²) in [6.07, 6.45) is 1.55. The van der Waals surface area contributed by atoms with Crippen LogP contribution in [0.4, 0.5) is 0 Å². The number of nitrogens with zero attached hydrogens (tertiary/aromatic N) is 2. The number of nitrogens with one attached hydrogen (secondary N) is 1. The molecule has 1 amide bonds. The predicted molar refractivity (Wildman–Crippen MR) is 96.2 cm³/mol. The zero-order valence-electron chi connectivity index (χ0n) is 15.1. The summed E-state index contributed by atoms with van der Waals surface area (Å²) < 4.78 is 5.46. The van der Waals surface area contributed by atoms with Crippen molar-refractivity contribution >= 4 is 6.41 Å². The highest BCUT2D eigenvalue weighted by atomic mass is 16.5. The molecule has 0 radical (unpaired) electrons. The Morgan fingerprint density at radius 3 is 2.76 bits per heavy atom. The summed E-state index contributed by atoms with van der Waals surface area (Å²) >= 11 is 0. The summed E-state index contributed by atoms with van der Waals surface area (Å²) in [6, 6.07) is 5.87. The van der Waals surface area contributed by atoms with Crippen LogP contribution in [0.1, 0.15) is 25.0 Å². The Labute approximate surface area is 149 Å². The number of phenolic OH excluding ortho intramolecular Hbond substituents is 1. The summed E-state index contributed by atoms with van der Waals surface area (Å²) in [7, 11) is 0. The number of hydrogen-bond acceptors (Lipinski definition) is 5. The molecular formula is C19H29N3O3. The van der Waals surface area contributed by atoms with Gasteiger partial charge >= 0.3 is 0 Å². The maximum atomic E-state index is 11.2. The highest BCUT2D eigenvalue weighted by molar-refractivity contribution is 5.47. The van der Waals surface area contributed by atoms with Crippen molar-refractivity contribution in [2.45, 2.75) is 39.0 Å². The third kappa shape index (κ3) is 4.32. The van der Waals surface area contributed by atoms with Crippen LogP contribution >= 0.6 is 0 Å². The Balaban J connectivity index is 1.82. The number of rotatable bonds is 6. The van der Waals surface area contributed by atoms with Crippen LogP contribution in [0, 0.1) is 5.92 Å². The molecule has 2 aliphatic heterocycles. The van der Waals surface area contributed by atoms with Crippen LogP contribution < -0.4 is 5.32 Å². The SMILES string of the molecule is CC(C)[C@@H](CN1CCOCC1)N1Cc2cc(O)ccc2C[C@@H]1NC=O. The largest absolute Gasteiger partial charge is 0.508 e. The zero-order valence-corrected chi connectivity index (χ0v) is 15.1. The summed E-state index contributed by atoms with van der Waals surface area (Å²) in [4.78, 5) is 16.0. The molecule has 1 aromatic carbocycles. The predicted octanol–water partition coefficient (Wildman–Crippen LogP) is 1.18. The fraction of sp³-hybridized carbons (Fsp3) is 0.632. The van der Waals surface area contributed by atoms with Crippen LogP contribution in [0.15, 0.2) is 18.2 Å². The molecule has 6 nitrogen and oxygen atoms in total. The van der Waals surface area contributed by atoms with Crippen molar-refractivity contribution in [2.75, 3.05) is 32.8 Å². The molecule has 1 fully saturated rings. The van der Waals surface area contributed by atoms with Crippen molar-refractivity contribution in [3.63, 3.8) is 0 Å². The van der Waals surface area contributed by atoms with Gasteiger partial charge in [-0.25, -0.2) is 0 Å². The number of hydrogen-bond donors (Lipinski definition) is 2. The van der Waals surface area contributed by atoms with Gasteiger partial charge in [-0.05, 0) is 29.2 Å². The number of amides is 1. The molecule has 2 aliphatic rings. The van der Waals surface area contributed by atoms with Crippen LogP contribution in [0.2, 0.25) is 0 Å². The number of benzene rings is 1. The van der Waals surface area contributed by atoms with E-state index in [2.05, 4.69) is 29.0 Å². The van der Waals surface area contributed by atoms with Gasteiger partial charge in [-0.3, -0.25) is 14.6 Å². The van der Waals surface area contributed by atoms with E-state index in [-0.39, 0.29) is 6.17 Å². The van der Waals surface area contributed by atoms with Crippen LogP contribution in [-0.4, -0.2) is 66.4 Å². The van der Waals surface area contributed by atoms with Crippen LogP contribution in [0.3, 0.4) is 0 Å². The van der Waals surface area contributed by atoms with E-state index in [1.165, 1.54) is 5.56 Å². The van der Waals surface area contributed by atoms with E-state index in [0.29, 0.717) is 17.7 Å². The number of carbonyl (C=O) groups excluding carboxylic acids is 1. The van der Waals surface area contributed by atoms with Crippen LogP contribution in [0.5, 0.6) is 5.75 Å². The highest BCUT2D eigenvalue weighted by Crippen LogP contribution is 2.29. The van der Waals surface area contributed by atoms with Crippen molar-refractivity contribution in [3.8, 4) is 5.75 Å². The quantitative estimate of drug-likeness (QED) is 0.757. The number of morpholine rings is 1. The molecule has 25 heavy (non-hydrogen) atoms. The minimum Gasteiger partial charge on any atom is -0.508 e. The lowest BCUT2D eigenvalue weighted by molar-refractivity contribution is -0.112. The number of aromatic hydroxyl groups is 1. The molecule has 0 unspecified atom stereocenters. The van der Waals surface area contributed by atoms with Crippen molar-refractivity contribution in [3.05, 3.63) is 29.3 Å². The molecule has 0 aromatic heterocycles. The minimum atomic E-state index is -0.0111. The maximum absolute atomic E-state index is 11.2.